The van der Waals surface area contributed by atoms with Gasteiger partial charge in [0.2, 0.25) is 0 Å². The second-order valence-electron chi connectivity index (χ2n) is 4.24. The van der Waals surface area contributed by atoms with E-state index in [9.17, 15) is 4.79 Å². The summed E-state index contributed by atoms with van der Waals surface area (Å²) in [6.07, 6.45) is 1.64. The number of H-pyrrole nitrogens is 1. The molecule has 18 heavy (non-hydrogen) atoms. The van der Waals surface area contributed by atoms with E-state index in [-0.39, 0.29) is 12.5 Å². The summed E-state index contributed by atoms with van der Waals surface area (Å²) >= 11 is 0. The molecule has 0 aliphatic carbocycles. The lowest BCUT2D eigenvalue weighted by molar-refractivity contribution is -0.137. The monoisotopic (exact) mass is 248 g/mol. The van der Waals surface area contributed by atoms with E-state index < -0.39 is 5.97 Å². The molecule has 0 saturated carbocycles. The van der Waals surface area contributed by atoms with Gasteiger partial charge in [-0.05, 0) is 17.7 Å². The van der Waals surface area contributed by atoms with E-state index in [1.807, 2.05) is 18.2 Å². The maximum atomic E-state index is 10.4. The van der Waals surface area contributed by atoms with Crippen molar-refractivity contribution in [2.24, 2.45) is 5.73 Å². The summed E-state index contributed by atoms with van der Waals surface area (Å²) in [6, 6.07) is 5.58. The Morgan fingerprint density at radius 3 is 3.17 bits per heavy atom. The van der Waals surface area contributed by atoms with Gasteiger partial charge in [0, 0.05) is 19.1 Å². The van der Waals surface area contributed by atoms with Crippen LogP contribution in [0.4, 0.5) is 0 Å². The van der Waals surface area contributed by atoms with Crippen LogP contribution in [0.15, 0.2) is 24.5 Å². The number of fused-ring (bicyclic) bond motifs is 1. The molecular weight excluding hydrogens is 232 g/mol. The Kier molecular flexibility index (Phi) is 3.91. The number of hydrogen-bond acceptors (Lipinski definition) is 4. The summed E-state index contributed by atoms with van der Waals surface area (Å²) in [5, 5.41) is 11.7. The van der Waals surface area contributed by atoms with Crippen LogP contribution in [0.1, 0.15) is 12.0 Å². The smallest absolute Gasteiger partial charge is 0.304 e. The van der Waals surface area contributed by atoms with Gasteiger partial charge in [-0.2, -0.15) is 0 Å². The molecule has 0 bridgehead atoms. The zero-order valence-corrected chi connectivity index (χ0v) is 9.89. The van der Waals surface area contributed by atoms with E-state index in [0.717, 1.165) is 16.6 Å². The molecule has 0 spiro atoms. The third-order valence-electron chi connectivity index (χ3n) is 2.66. The summed E-state index contributed by atoms with van der Waals surface area (Å²) < 4.78 is 0. The molecule has 0 radical (unpaired) electrons. The van der Waals surface area contributed by atoms with Gasteiger partial charge in [0.05, 0.1) is 23.8 Å². The largest absolute Gasteiger partial charge is 0.481 e. The Morgan fingerprint density at radius 2 is 2.39 bits per heavy atom. The van der Waals surface area contributed by atoms with E-state index in [1.165, 1.54) is 0 Å². The van der Waals surface area contributed by atoms with Crippen LogP contribution in [0.2, 0.25) is 0 Å². The molecule has 96 valence electrons. The Hall–Kier alpha value is -1.92. The average molecular weight is 248 g/mol. The van der Waals surface area contributed by atoms with Gasteiger partial charge in [-0.25, -0.2) is 4.98 Å². The molecule has 0 fully saturated rings. The van der Waals surface area contributed by atoms with Gasteiger partial charge in [0.15, 0.2) is 0 Å². The number of nitrogens with two attached hydrogens (primary N) is 1. The molecule has 1 atom stereocenters. The van der Waals surface area contributed by atoms with Gasteiger partial charge >= 0.3 is 5.97 Å². The first kappa shape index (κ1) is 12.5. The van der Waals surface area contributed by atoms with Crippen molar-refractivity contribution in [3.63, 3.8) is 0 Å². The summed E-state index contributed by atoms with van der Waals surface area (Å²) in [7, 11) is 0. The molecule has 6 nitrogen and oxygen atoms in total. The van der Waals surface area contributed by atoms with Crippen LogP contribution < -0.4 is 11.1 Å². The summed E-state index contributed by atoms with van der Waals surface area (Å²) in [6.45, 7) is 1.13. The van der Waals surface area contributed by atoms with Crippen molar-refractivity contribution < 1.29 is 9.90 Å². The number of carbonyl (C=O) groups is 1. The molecule has 1 heterocycles. The lowest BCUT2D eigenvalue weighted by Gasteiger charge is -2.10. The maximum Gasteiger partial charge on any atom is 0.304 e. The number of rotatable bonds is 6. The maximum absolute atomic E-state index is 10.4. The number of carboxylic acid groups (broad SMARTS) is 1. The van der Waals surface area contributed by atoms with Crippen molar-refractivity contribution >= 4 is 17.0 Å². The number of aromatic amines is 1. The molecule has 2 aromatic rings. The average Bonchev–Trinajstić information content (AvgIpc) is 2.75. The number of benzene rings is 1. The van der Waals surface area contributed by atoms with Crippen molar-refractivity contribution in [3.05, 3.63) is 30.1 Å². The fourth-order valence-electron chi connectivity index (χ4n) is 1.79. The number of imidazole rings is 1. The van der Waals surface area contributed by atoms with E-state index in [0.29, 0.717) is 13.1 Å². The highest BCUT2D eigenvalue weighted by Gasteiger charge is 2.07. The van der Waals surface area contributed by atoms with Crippen molar-refractivity contribution in [3.8, 4) is 0 Å². The number of hydrogen-bond donors (Lipinski definition) is 4. The van der Waals surface area contributed by atoms with Crippen LogP contribution in [0.25, 0.3) is 11.0 Å². The van der Waals surface area contributed by atoms with Gasteiger partial charge in [-0.1, -0.05) is 6.07 Å². The quantitative estimate of drug-likeness (QED) is 0.594. The Balaban J connectivity index is 1.84. The topological polar surface area (TPSA) is 104 Å². The highest BCUT2D eigenvalue weighted by atomic mass is 16.4. The lowest BCUT2D eigenvalue weighted by Crippen LogP contribution is -2.35. The first-order chi connectivity index (χ1) is 8.65. The van der Waals surface area contributed by atoms with E-state index in [2.05, 4.69) is 15.3 Å². The molecular formula is C12H16N4O2. The minimum absolute atomic E-state index is 0.0212. The van der Waals surface area contributed by atoms with Gasteiger partial charge in [-0.3, -0.25) is 4.79 Å². The number of aromatic nitrogens is 2. The van der Waals surface area contributed by atoms with Gasteiger partial charge in [-0.15, -0.1) is 0 Å². The standard InChI is InChI=1S/C12H16N4O2/c13-9(4-12(17)18)6-14-5-8-1-2-10-11(3-8)16-7-15-10/h1-3,7,9,14H,4-6,13H2,(H,15,16)(H,17,18). The predicted molar refractivity (Wildman–Crippen MR) is 68.0 cm³/mol. The zero-order valence-electron chi connectivity index (χ0n) is 9.89. The van der Waals surface area contributed by atoms with Crippen LogP contribution in [-0.4, -0.2) is 33.6 Å². The summed E-state index contributed by atoms with van der Waals surface area (Å²) in [5.74, 6) is -0.872. The molecule has 0 aliphatic heterocycles. The molecule has 1 unspecified atom stereocenters. The summed E-state index contributed by atoms with van der Waals surface area (Å²) in [5.41, 5.74) is 8.68. The second-order valence-corrected chi connectivity index (χ2v) is 4.24. The first-order valence-electron chi connectivity index (χ1n) is 5.75. The van der Waals surface area contributed by atoms with Crippen LogP contribution in [0.5, 0.6) is 0 Å². The van der Waals surface area contributed by atoms with Crippen molar-refractivity contribution in [1.82, 2.24) is 15.3 Å². The molecule has 5 N–H and O–H groups in total. The minimum atomic E-state index is -0.872. The van der Waals surface area contributed by atoms with Crippen molar-refractivity contribution in [1.29, 1.82) is 0 Å². The molecule has 1 aromatic heterocycles. The molecule has 2 rings (SSSR count). The Morgan fingerprint density at radius 1 is 1.56 bits per heavy atom. The Bertz CT molecular complexity index is 538. The number of carboxylic acids is 1. The van der Waals surface area contributed by atoms with E-state index >= 15 is 0 Å². The zero-order chi connectivity index (χ0) is 13.0. The van der Waals surface area contributed by atoms with Crippen molar-refractivity contribution in [2.45, 2.75) is 19.0 Å². The third-order valence-corrected chi connectivity index (χ3v) is 2.66. The van der Waals surface area contributed by atoms with Crippen LogP contribution in [-0.2, 0) is 11.3 Å². The first-order valence-corrected chi connectivity index (χ1v) is 5.75. The molecule has 1 aromatic carbocycles. The van der Waals surface area contributed by atoms with E-state index in [4.69, 9.17) is 10.8 Å². The lowest BCUT2D eigenvalue weighted by atomic mass is 10.2. The third kappa shape index (κ3) is 3.28. The van der Waals surface area contributed by atoms with Gasteiger partial charge in [0.25, 0.3) is 0 Å². The van der Waals surface area contributed by atoms with Crippen LogP contribution in [0.3, 0.4) is 0 Å². The number of nitrogens with zero attached hydrogens (tertiary/aromatic N) is 1. The van der Waals surface area contributed by atoms with Crippen LogP contribution >= 0.6 is 0 Å². The number of aliphatic carboxylic acids is 1. The van der Waals surface area contributed by atoms with E-state index in [1.54, 1.807) is 6.33 Å². The molecule has 0 aliphatic rings. The minimum Gasteiger partial charge on any atom is -0.481 e. The fraction of sp³-hybridized carbons (Fsp3) is 0.333. The molecule has 6 heteroatoms. The Labute approximate surface area is 104 Å². The van der Waals surface area contributed by atoms with Gasteiger partial charge < -0.3 is 21.1 Å². The molecule has 0 amide bonds. The second kappa shape index (κ2) is 5.61. The number of nitrogens with one attached hydrogen (secondary N) is 2. The highest BCUT2D eigenvalue weighted by Crippen LogP contribution is 2.11. The highest BCUT2D eigenvalue weighted by molar-refractivity contribution is 5.75. The summed E-state index contributed by atoms with van der Waals surface area (Å²) in [4.78, 5) is 17.6. The van der Waals surface area contributed by atoms with Crippen LogP contribution in [0, 0.1) is 0 Å². The van der Waals surface area contributed by atoms with Gasteiger partial charge in [0.1, 0.15) is 0 Å². The predicted octanol–water partition coefficient (Wildman–Crippen LogP) is 0.454. The molecule has 0 saturated heterocycles. The fourth-order valence-corrected chi connectivity index (χ4v) is 1.79. The normalized spacial score (nSPS) is 12.7. The van der Waals surface area contributed by atoms with Crippen molar-refractivity contribution in [2.75, 3.05) is 6.54 Å². The SMILES string of the molecule is NC(CNCc1ccc2nc[nH]c2c1)CC(=O)O.